The Balaban J connectivity index is 2.55. The molecular formula is C26H45NO. The number of rotatable bonds is 17. The fraction of sp³-hybridized carbons (Fsp3) is 0.731. The number of carbonyl (C=O) groups excluding carboxylic acids is 1. The van der Waals surface area contributed by atoms with E-state index in [0.717, 1.165) is 37.9 Å². The van der Waals surface area contributed by atoms with Gasteiger partial charge in [0.2, 0.25) is 0 Å². The summed E-state index contributed by atoms with van der Waals surface area (Å²) in [7, 11) is 0. The monoisotopic (exact) mass is 387 g/mol. The van der Waals surface area contributed by atoms with Gasteiger partial charge in [-0.25, -0.2) is 0 Å². The molecule has 1 aromatic carbocycles. The van der Waals surface area contributed by atoms with Crippen LogP contribution in [0, 0.1) is 0 Å². The molecule has 2 heteroatoms. The number of nitrogens with zero attached hydrogens (tertiary/aromatic N) is 1. The summed E-state index contributed by atoms with van der Waals surface area (Å²) in [6, 6.07) is 8.37. The zero-order valence-electron chi connectivity index (χ0n) is 19.0. The quantitative estimate of drug-likeness (QED) is 0.250. The van der Waals surface area contributed by atoms with Crippen molar-refractivity contribution in [2.45, 2.75) is 111 Å². The van der Waals surface area contributed by atoms with Crippen molar-refractivity contribution in [3.8, 4) is 0 Å². The maximum atomic E-state index is 13.1. The largest absolute Gasteiger partial charge is 0.339 e. The number of carbonyl (C=O) groups is 1. The highest BCUT2D eigenvalue weighted by Gasteiger charge is 2.15. The second kappa shape index (κ2) is 16.6. The highest BCUT2D eigenvalue weighted by atomic mass is 16.2. The van der Waals surface area contributed by atoms with E-state index in [9.17, 15) is 4.79 Å². The third-order valence-corrected chi connectivity index (χ3v) is 5.62. The Bertz CT molecular complexity index is 494. The van der Waals surface area contributed by atoms with Crippen LogP contribution < -0.4 is 0 Å². The molecule has 0 aromatic heterocycles. The van der Waals surface area contributed by atoms with Gasteiger partial charge in [-0.05, 0) is 43.4 Å². The standard InChI is InChI=1S/C26H45NO/c1-4-7-10-12-14-16-23-27(22-15-13-11-8-5-2)26(28)25-20-18-24(19-21-25)17-9-6-3/h18-21H,4-17,22-23H2,1-3H3. The summed E-state index contributed by atoms with van der Waals surface area (Å²) in [5.41, 5.74) is 2.21. The normalized spacial score (nSPS) is 11.0. The van der Waals surface area contributed by atoms with E-state index in [1.54, 1.807) is 0 Å². The third-order valence-electron chi connectivity index (χ3n) is 5.62. The Labute approximate surface area is 175 Å². The van der Waals surface area contributed by atoms with E-state index in [2.05, 4.69) is 37.8 Å². The highest BCUT2D eigenvalue weighted by Crippen LogP contribution is 2.14. The fourth-order valence-electron chi connectivity index (χ4n) is 3.68. The van der Waals surface area contributed by atoms with E-state index in [4.69, 9.17) is 0 Å². The van der Waals surface area contributed by atoms with Crippen LogP contribution >= 0.6 is 0 Å². The maximum Gasteiger partial charge on any atom is 0.253 e. The predicted octanol–water partition coefficient (Wildman–Crippen LogP) is 7.80. The van der Waals surface area contributed by atoms with Gasteiger partial charge in [0.1, 0.15) is 0 Å². The van der Waals surface area contributed by atoms with Crippen molar-refractivity contribution in [3.63, 3.8) is 0 Å². The Morgan fingerprint density at radius 3 is 1.61 bits per heavy atom. The van der Waals surface area contributed by atoms with Crippen LogP contribution in [0.3, 0.4) is 0 Å². The lowest BCUT2D eigenvalue weighted by Crippen LogP contribution is -2.33. The Morgan fingerprint density at radius 1 is 0.643 bits per heavy atom. The lowest BCUT2D eigenvalue weighted by molar-refractivity contribution is 0.0749. The lowest BCUT2D eigenvalue weighted by atomic mass is 10.1. The SMILES string of the molecule is CCCCCCCCN(CCCCCCC)C(=O)c1ccc(CCCC)cc1. The van der Waals surface area contributed by atoms with Crippen molar-refractivity contribution in [2.24, 2.45) is 0 Å². The van der Waals surface area contributed by atoms with Crippen LogP contribution in [0.5, 0.6) is 0 Å². The van der Waals surface area contributed by atoms with Gasteiger partial charge in [-0.3, -0.25) is 4.79 Å². The van der Waals surface area contributed by atoms with Gasteiger partial charge in [-0.1, -0.05) is 97.1 Å². The predicted molar refractivity (Wildman–Crippen MR) is 123 cm³/mol. The molecule has 0 saturated carbocycles. The average Bonchev–Trinajstić information content (AvgIpc) is 2.73. The van der Waals surface area contributed by atoms with Crippen molar-refractivity contribution >= 4 is 5.91 Å². The summed E-state index contributed by atoms with van der Waals surface area (Å²) < 4.78 is 0. The zero-order valence-corrected chi connectivity index (χ0v) is 19.0. The molecule has 0 aliphatic heterocycles. The Kier molecular flexibility index (Phi) is 14.7. The first-order valence-electron chi connectivity index (χ1n) is 12.1. The van der Waals surface area contributed by atoms with Gasteiger partial charge in [-0.15, -0.1) is 0 Å². The van der Waals surface area contributed by atoms with Crippen LogP contribution in [0.25, 0.3) is 0 Å². The smallest absolute Gasteiger partial charge is 0.253 e. The summed E-state index contributed by atoms with van der Waals surface area (Å²) in [4.78, 5) is 15.2. The second-order valence-corrected chi connectivity index (χ2v) is 8.27. The van der Waals surface area contributed by atoms with Gasteiger partial charge in [0.15, 0.2) is 0 Å². The van der Waals surface area contributed by atoms with Crippen molar-refractivity contribution in [1.82, 2.24) is 4.90 Å². The molecule has 0 radical (unpaired) electrons. The zero-order chi connectivity index (χ0) is 20.5. The minimum Gasteiger partial charge on any atom is -0.339 e. The van der Waals surface area contributed by atoms with Crippen LogP contribution in [0.4, 0.5) is 0 Å². The number of hydrogen-bond donors (Lipinski definition) is 0. The number of aryl methyl sites for hydroxylation is 1. The van der Waals surface area contributed by atoms with Gasteiger partial charge in [0.05, 0.1) is 0 Å². The van der Waals surface area contributed by atoms with Gasteiger partial charge >= 0.3 is 0 Å². The van der Waals surface area contributed by atoms with E-state index in [-0.39, 0.29) is 5.91 Å². The molecule has 0 aliphatic rings. The molecule has 1 aromatic rings. The first-order chi connectivity index (χ1) is 13.7. The first kappa shape index (κ1) is 24.7. The lowest BCUT2D eigenvalue weighted by Gasteiger charge is -2.23. The van der Waals surface area contributed by atoms with E-state index >= 15 is 0 Å². The molecule has 0 aliphatic carbocycles. The number of amides is 1. The summed E-state index contributed by atoms with van der Waals surface area (Å²) in [6.45, 7) is 8.55. The molecule has 0 spiro atoms. The molecule has 1 rings (SSSR count). The Hall–Kier alpha value is -1.31. The van der Waals surface area contributed by atoms with Gasteiger partial charge in [0, 0.05) is 18.7 Å². The van der Waals surface area contributed by atoms with Crippen molar-refractivity contribution in [1.29, 1.82) is 0 Å². The van der Waals surface area contributed by atoms with Crippen LogP contribution in [0.15, 0.2) is 24.3 Å². The minimum absolute atomic E-state index is 0.228. The highest BCUT2D eigenvalue weighted by molar-refractivity contribution is 5.94. The summed E-state index contributed by atoms with van der Waals surface area (Å²) in [5, 5.41) is 0. The molecule has 0 fully saturated rings. The molecule has 0 heterocycles. The fourth-order valence-corrected chi connectivity index (χ4v) is 3.68. The molecule has 0 atom stereocenters. The van der Waals surface area contributed by atoms with Crippen molar-refractivity contribution in [3.05, 3.63) is 35.4 Å². The molecule has 0 bridgehead atoms. The molecule has 0 N–H and O–H groups in total. The van der Waals surface area contributed by atoms with E-state index < -0.39 is 0 Å². The summed E-state index contributed by atoms with van der Waals surface area (Å²) >= 11 is 0. The summed E-state index contributed by atoms with van der Waals surface area (Å²) in [6.07, 6.45) is 17.4. The van der Waals surface area contributed by atoms with E-state index in [1.807, 2.05) is 12.1 Å². The molecule has 0 saturated heterocycles. The van der Waals surface area contributed by atoms with Crippen LogP contribution in [0.1, 0.15) is 120 Å². The van der Waals surface area contributed by atoms with Gasteiger partial charge in [-0.2, -0.15) is 0 Å². The maximum absolute atomic E-state index is 13.1. The van der Waals surface area contributed by atoms with Crippen LogP contribution in [-0.2, 0) is 6.42 Å². The molecule has 1 amide bonds. The van der Waals surface area contributed by atoms with Gasteiger partial charge < -0.3 is 4.90 Å². The molecule has 28 heavy (non-hydrogen) atoms. The number of benzene rings is 1. The average molecular weight is 388 g/mol. The van der Waals surface area contributed by atoms with Crippen molar-refractivity contribution < 1.29 is 4.79 Å². The van der Waals surface area contributed by atoms with E-state index in [0.29, 0.717) is 0 Å². The second-order valence-electron chi connectivity index (χ2n) is 8.27. The number of hydrogen-bond acceptors (Lipinski definition) is 1. The number of unbranched alkanes of at least 4 members (excludes halogenated alkanes) is 10. The minimum atomic E-state index is 0.228. The summed E-state index contributed by atoms with van der Waals surface area (Å²) in [5.74, 6) is 0.228. The van der Waals surface area contributed by atoms with Crippen LogP contribution in [-0.4, -0.2) is 23.9 Å². The Morgan fingerprint density at radius 2 is 1.11 bits per heavy atom. The van der Waals surface area contributed by atoms with Gasteiger partial charge in [0.25, 0.3) is 5.91 Å². The first-order valence-corrected chi connectivity index (χ1v) is 12.1. The molecular weight excluding hydrogens is 342 g/mol. The third kappa shape index (κ3) is 10.9. The molecule has 0 unspecified atom stereocenters. The molecule has 160 valence electrons. The topological polar surface area (TPSA) is 20.3 Å². The molecule has 2 nitrogen and oxygen atoms in total. The van der Waals surface area contributed by atoms with E-state index in [1.165, 1.54) is 76.2 Å². The van der Waals surface area contributed by atoms with Crippen LogP contribution in [0.2, 0.25) is 0 Å². The van der Waals surface area contributed by atoms with Crippen molar-refractivity contribution in [2.75, 3.05) is 13.1 Å².